The van der Waals surface area contributed by atoms with E-state index in [0.29, 0.717) is 18.9 Å². The van der Waals surface area contributed by atoms with Crippen LogP contribution in [0.3, 0.4) is 0 Å². The number of hydrogen-bond acceptors (Lipinski definition) is 6. The van der Waals surface area contributed by atoms with Gasteiger partial charge in [0.2, 0.25) is 0 Å². The molecule has 1 heterocycles. The zero-order valence-electron chi connectivity index (χ0n) is 24.9. The van der Waals surface area contributed by atoms with Crippen LogP contribution in [-0.2, 0) is 23.5 Å². The van der Waals surface area contributed by atoms with Crippen LogP contribution in [0, 0.1) is 34.5 Å². The molecule has 1 aliphatic heterocycles. The van der Waals surface area contributed by atoms with Crippen molar-refractivity contribution in [1.82, 2.24) is 0 Å². The molecule has 5 rings (SSSR count). The van der Waals surface area contributed by atoms with Crippen LogP contribution in [-0.4, -0.2) is 49.8 Å². The number of carbonyl (C=O) groups excluding carboxylic acids is 2. The Morgan fingerprint density at radius 3 is 2.45 bits per heavy atom. The van der Waals surface area contributed by atoms with E-state index >= 15 is 0 Å². The maximum absolute atomic E-state index is 12.6. The monoisotopic (exact) mass is 546 g/mol. The van der Waals surface area contributed by atoms with E-state index in [2.05, 4.69) is 47.7 Å². The first-order valence-corrected chi connectivity index (χ1v) is 17.9. The zero-order valence-corrected chi connectivity index (χ0v) is 25.9. The van der Waals surface area contributed by atoms with Gasteiger partial charge in [0.1, 0.15) is 12.7 Å². The van der Waals surface area contributed by atoms with Crippen molar-refractivity contribution in [2.75, 3.05) is 6.61 Å². The predicted octanol–water partition coefficient (Wildman–Crippen LogP) is 6.18. The van der Waals surface area contributed by atoms with Gasteiger partial charge in [-0.3, -0.25) is 4.79 Å². The third kappa shape index (κ3) is 4.25. The standard InChI is InChI=1S/C31H50O6Si/c1-19(32)36-25-17-30(6)23(20-15-26(33)35-18-20)12-14-31(30,34)24-10-9-21-16-22(11-13-29(21,5)27(24)25)37-38(7,8)28(2,3)4/h15,21-25,27,34H,9-14,16-18H2,1-8H3/t21-,22+,23-,24-,25-,27-,29+,30-,31+/m1/s1. The topological polar surface area (TPSA) is 82.1 Å². The van der Waals surface area contributed by atoms with Gasteiger partial charge in [0.25, 0.3) is 0 Å². The smallest absolute Gasteiger partial charge is 0.331 e. The van der Waals surface area contributed by atoms with Crippen LogP contribution < -0.4 is 0 Å². The Balaban J connectivity index is 1.45. The van der Waals surface area contributed by atoms with E-state index in [1.807, 2.05) is 0 Å². The minimum Gasteiger partial charge on any atom is -0.462 e. The van der Waals surface area contributed by atoms with Crippen LogP contribution in [0.4, 0.5) is 0 Å². The fourth-order valence-electron chi connectivity index (χ4n) is 9.46. The summed E-state index contributed by atoms with van der Waals surface area (Å²) in [5, 5.41) is 12.8. The quantitative estimate of drug-likeness (QED) is 0.335. The molecule has 214 valence electrons. The lowest BCUT2D eigenvalue weighted by atomic mass is 9.42. The molecular formula is C31H50O6Si. The third-order valence-electron chi connectivity index (χ3n) is 12.4. The van der Waals surface area contributed by atoms with E-state index in [1.165, 1.54) is 6.92 Å². The molecule has 38 heavy (non-hydrogen) atoms. The molecule has 0 unspecified atom stereocenters. The van der Waals surface area contributed by atoms with Gasteiger partial charge in [0, 0.05) is 30.4 Å². The summed E-state index contributed by atoms with van der Waals surface area (Å²) < 4.78 is 18.4. The van der Waals surface area contributed by atoms with Gasteiger partial charge in [-0.2, -0.15) is 0 Å². The molecule has 5 aliphatic rings. The second kappa shape index (κ2) is 9.17. The highest BCUT2D eigenvalue weighted by Crippen LogP contribution is 2.70. The van der Waals surface area contributed by atoms with Crippen LogP contribution in [0.25, 0.3) is 0 Å². The molecule has 0 radical (unpaired) electrons. The highest BCUT2D eigenvalue weighted by atomic mass is 28.4. The largest absolute Gasteiger partial charge is 0.462 e. The Kier molecular flexibility index (Phi) is 6.84. The first-order chi connectivity index (χ1) is 17.5. The van der Waals surface area contributed by atoms with Crippen molar-refractivity contribution in [3.8, 4) is 0 Å². The number of hydrogen-bond donors (Lipinski definition) is 1. The van der Waals surface area contributed by atoms with E-state index in [-0.39, 0.29) is 52.4 Å². The normalized spacial score (nSPS) is 45.0. The fourth-order valence-corrected chi connectivity index (χ4v) is 10.9. The van der Waals surface area contributed by atoms with Crippen molar-refractivity contribution < 1.29 is 28.6 Å². The molecule has 0 aromatic carbocycles. The second-order valence-electron chi connectivity index (χ2n) is 15.3. The minimum absolute atomic E-state index is 0.00280. The van der Waals surface area contributed by atoms with Crippen LogP contribution in [0.1, 0.15) is 92.9 Å². The lowest BCUT2D eigenvalue weighted by molar-refractivity contribution is -0.247. The molecule has 9 atom stereocenters. The number of rotatable bonds is 4. The summed E-state index contributed by atoms with van der Waals surface area (Å²) in [5.74, 6) is 0.251. The van der Waals surface area contributed by atoms with Crippen molar-refractivity contribution >= 4 is 20.3 Å². The van der Waals surface area contributed by atoms with Crippen molar-refractivity contribution in [3.63, 3.8) is 0 Å². The van der Waals surface area contributed by atoms with Crippen molar-refractivity contribution in [2.45, 2.75) is 129 Å². The summed E-state index contributed by atoms with van der Waals surface area (Å²) >= 11 is 0. The van der Waals surface area contributed by atoms with E-state index in [4.69, 9.17) is 13.9 Å². The second-order valence-corrected chi connectivity index (χ2v) is 20.1. The molecule has 4 saturated carbocycles. The maximum Gasteiger partial charge on any atom is 0.331 e. The molecule has 1 N–H and O–H groups in total. The first-order valence-electron chi connectivity index (χ1n) is 15.0. The summed E-state index contributed by atoms with van der Waals surface area (Å²) in [6.45, 7) is 18.0. The molecule has 7 heteroatoms. The lowest BCUT2D eigenvalue weighted by Crippen LogP contribution is -2.67. The van der Waals surface area contributed by atoms with Gasteiger partial charge < -0.3 is 19.0 Å². The molecule has 0 aromatic rings. The van der Waals surface area contributed by atoms with Gasteiger partial charge in [-0.1, -0.05) is 34.6 Å². The Labute approximate surface area is 230 Å². The Bertz CT molecular complexity index is 1010. The molecule has 6 nitrogen and oxygen atoms in total. The average Bonchev–Trinajstić information content (AvgIpc) is 3.32. The van der Waals surface area contributed by atoms with Crippen molar-refractivity contribution in [1.29, 1.82) is 0 Å². The number of fused-ring (bicyclic) bond motifs is 5. The fraction of sp³-hybridized carbons (Fsp3) is 0.871. The van der Waals surface area contributed by atoms with Crippen molar-refractivity contribution in [3.05, 3.63) is 11.6 Å². The molecular weight excluding hydrogens is 496 g/mol. The molecule has 0 saturated heterocycles. The summed E-state index contributed by atoms with van der Waals surface area (Å²) in [7, 11) is -1.86. The van der Waals surface area contributed by atoms with E-state index < -0.39 is 19.3 Å². The lowest BCUT2D eigenvalue weighted by Gasteiger charge is -2.65. The summed E-state index contributed by atoms with van der Waals surface area (Å²) in [5.41, 5.74) is -0.304. The minimum atomic E-state index is -1.86. The number of esters is 2. The van der Waals surface area contributed by atoms with Crippen LogP contribution >= 0.6 is 0 Å². The molecule has 0 aromatic heterocycles. The van der Waals surface area contributed by atoms with Crippen LogP contribution in [0.2, 0.25) is 18.1 Å². The highest BCUT2D eigenvalue weighted by molar-refractivity contribution is 6.74. The van der Waals surface area contributed by atoms with Gasteiger partial charge in [-0.15, -0.1) is 0 Å². The Morgan fingerprint density at radius 2 is 1.84 bits per heavy atom. The van der Waals surface area contributed by atoms with Crippen LogP contribution in [0.15, 0.2) is 11.6 Å². The first kappa shape index (κ1) is 28.3. The Hall–Kier alpha value is -1.18. The van der Waals surface area contributed by atoms with E-state index in [1.54, 1.807) is 6.08 Å². The molecule has 4 aliphatic carbocycles. The highest BCUT2D eigenvalue weighted by Gasteiger charge is 2.71. The number of cyclic esters (lactones) is 1. The average molecular weight is 547 g/mol. The predicted molar refractivity (Wildman–Crippen MR) is 149 cm³/mol. The number of aliphatic hydroxyl groups is 1. The summed E-state index contributed by atoms with van der Waals surface area (Å²) in [6, 6.07) is 0. The van der Waals surface area contributed by atoms with Gasteiger partial charge in [0.05, 0.1) is 5.60 Å². The van der Waals surface area contributed by atoms with E-state index in [9.17, 15) is 14.7 Å². The molecule has 0 spiro atoms. The molecule has 0 amide bonds. The molecule has 4 fully saturated rings. The number of ether oxygens (including phenoxy) is 2. The van der Waals surface area contributed by atoms with Gasteiger partial charge in [-0.05, 0) is 98.2 Å². The third-order valence-corrected chi connectivity index (χ3v) is 17.0. The van der Waals surface area contributed by atoms with Crippen molar-refractivity contribution in [2.24, 2.45) is 34.5 Å². The maximum atomic E-state index is 12.6. The zero-order chi connectivity index (χ0) is 27.9. The summed E-state index contributed by atoms with van der Waals surface area (Å²) in [6.07, 6.45) is 9.05. The van der Waals surface area contributed by atoms with Gasteiger partial charge in [-0.25, -0.2) is 4.79 Å². The van der Waals surface area contributed by atoms with Gasteiger partial charge in [0.15, 0.2) is 8.32 Å². The summed E-state index contributed by atoms with van der Waals surface area (Å²) in [4.78, 5) is 24.4. The Morgan fingerprint density at radius 1 is 1.13 bits per heavy atom. The van der Waals surface area contributed by atoms with Gasteiger partial charge >= 0.3 is 11.9 Å². The van der Waals surface area contributed by atoms with E-state index in [0.717, 1.165) is 50.5 Å². The number of carbonyl (C=O) groups is 2. The SMILES string of the molecule is CC(=O)O[C@@H]1C[C@]2(C)[C@@H](C3=CC(=O)OC3)CC[C@]2(O)[C@@H]2CC[C@@H]3C[C@@H](O[Si](C)(C)C(C)(C)C)CC[C@]3(C)[C@H]21. The van der Waals surface area contributed by atoms with Crippen LogP contribution in [0.5, 0.6) is 0 Å². The molecule has 0 bridgehead atoms.